The van der Waals surface area contributed by atoms with Crippen molar-refractivity contribution in [2.45, 2.75) is 39.5 Å². The standard InChI is InChI=1S/C18H17Cl5S2/c1-7-8(2)17(4,5)18(6,9(7)3)16(24)25-15-13(22)11(20)10(19)12(21)14(15)23/h2H2,1,3-6H3. The molecule has 0 heterocycles. The number of hydrogen-bond acceptors (Lipinski definition) is 2. The van der Waals surface area contributed by atoms with Crippen molar-refractivity contribution < 1.29 is 0 Å². The van der Waals surface area contributed by atoms with E-state index >= 15 is 0 Å². The third kappa shape index (κ3) is 3.10. The van der Waals surface area contributed by atoms with Gasteiger partial charge in [0.05, 0.1) is 34.2 Å². The van der Waals surface area contributed by atoms with Gasteiger partial charge in [-0.15, -0.1) is 0 Å². The van der Waals surface area contributed by atoms with Crippen molar-refractivity contribution in [3.05, 3.63) is 48.4 Å². The van der Waals surface area contributed by atoms with Crippen molar-refractivity contribution >= 4 is 86.2 Å². The van der Waals surface area contributed by atoms with Crippen LogP contribution in [-0.4, -0.2) is 4.20 Å². The molecule has 1 aliphatic carbocycles. The highest BCUT2D eigenvalue weighted by Gasteiger charge is 2.53. The molecule has 0 bridgehead atoms. The van der Waals surface area contributed by atoms with E-state index in [-0.39, 0.29) is 35.9 Å². The van der Waals surface area contributed by atoms with Gasteiger partial charge in [0.2, 0.25) is 0 Å². The molecule has 1 aromatic carbocycles. The van der Waals surface area contributed by atoms with Crippen LogP contribution in [0.4, 0.5) is 0 Å². The molecule has 1 atom stereocenters. The van der Waals surface area contributed by atoms with Crippen LogP contribution in [0.25, 0.3) is 0 Å². The average Bonchev–Trinajstić information content (AvgIpc) is 2.68. The summed E-state index contributed by atoms with van der Waals surface area (Å²) in [6.07, 6.45) is 0. The van der Waals surface area contributed by atoms with E-state index in [1.807, 2.05) is 0 Å². The van der Waals surface area contributed by atoms with Crippen molar-refractivity contribution in [3.63, 3.8) is 0 Å². The molecule has 7 heteroatoms. The maximum atomic E-state index is 6.37. The first-order chi connectivity index (χ1) is 11.3. The van der Waals surface area contributed by atoms with Crippen LogP contribution in [0.1, 0.15) is 34.6 Å². The van der Waals surface area contributed by atoms with Crippen molar-refractivity contribution in [2.75, 3.05) is 0 Å². The monoisotopic (exact) mass is 472 g/mol. The normalized spacial score (nSPS) is 22.7. The van der Waals surface area contributed by atoms with E-state index in [0.29, 0.717) is 4.90 Å². The first-order valence-electron chi connectivity index (χ1n) is 7.41. The van der Waals surface area contributed by atoms with Gasteiger partial charge in [0.1, 0.15) is 0 Å². The summed E-state index contributed by atoms with van der Waals surface area (Å²) in [6.45, 7) is 14.8. The molecule has 136 valence electrons. The van der Waals surface area contributed by atoms with Gasteiger partial charge in [-0.25, -0.2) is 0 Å². The first-order valence-corrected chi connectivity index (χ1v) is 10.5. The highest BCUT2D eigenvalue weighted by molar-refractivity contribution is 8.23. The van der Waals surface area contributed by atoms with Gasteiger partial charge < -0.3 is 0 Å². The van der Waals surface area contributed by atoms with Crippen LogP contribution in [-0.2, 0) is 0 Å². The Morgan fingerprint density at radius 1 is 0.880 bits per heavy atom. The average molecular weight is 475 g/mol. The second-order valence-corrected chi connectivity index (χ2v) is 10.3. The molecule has 0 spiro atoms. The van der Waals surface area contributed by atoms with Gasteiger partial charge in [0, 0.05) is 10.8 Å². The molecule has 1 unspecified atom stereocenters. The molecule has 0 radical (unpaired) electrons. The lowest BCUT2D eigenvalue weighted by Crippen LogP contribution is -2.38. The largest absolute Gasteiger partial charge is 0.0950 e. The zero-order valence-electron chi connectivity index (χ0n) is 14.4. The van der Waals surface area contributed by atoms with Crippen LogP contribution in [0.3, 0.4) is 0 Å². The van der Waals surface area contributed by atoms with E-state index < -0.39 is 0 Å². The molecule has 0 N–H and O–H groups in total. The Hall–Kier alpha value is 0.590. The number of thioether (sulfide) groups is 1. The minimum atomic E-state index is -0.389. The Balaban J connectivity index is 2.57. The zero-order chi connectivity index (χ0) is 19.5. The SMILES string of the molecule is C=C1C(C)=C(C)C(C)(C(=S)Sc2c(Cl)c(Cl)c(Cl)c(Cl)c2Cl)C1(C)C. The Morgan fingerprint density at radius 2 is 1.28 bits per heavy atom. The van der Waals surface area contributed by atoms with Crippen LogP contribution >= 0.6 is 82.0 Å². The second kappa shape index (κ2) is 7.20. The van der Waals surface area contributed by atoms with E-state index in [4.69, 9.17) is 70.2 Å². The molecular weight excluding hydrogens is 458 g/mol. The molecule has 0 saturated heterocycles. The lowest BCUT2D eigenvalue weighted by atomic mass is 9.66. The Kier molecular flexibility index (Phi) is 6.30. The van der Waals surface area contributed by atoms with Crippen LogP contribution in [0.5, 0.6) is 0 Å². The predicted molar refractivity (Wildman–Crippen MR) is 119 cm³/mol. The number of thiocarbonyl (C=S) groups is 1. The second-order valence-electron chi connectivity index (χ2n) is 6.77. The number of hydrogen-bond donors (Lipinski definition) is 0. The molecule has 1 aliphatic rings. The summed E-state index contributed by atoms with van der Waals surface area (Å²) in [6, 6.07) is 0. The Morgan fingerprint density at radius 3 is 1.64 bits per heavy atom. The lowest BCUT2D eigenvalue weighted by molar-refractivity contribution is 0.294. The number of rotatable bonds is 2. The van der Waals surface area contributed by atoms with Gasteiger partial charge in [-0.05, 0) is 31.9 Å². The van der Waals surface area contributed by atoms with E-state index in [1.165, 1.54) is 22.9 Å². The molecule has 0 aromatic heterocycles. The van der Waals surface area contributed by atoms with E-state index in [1.54, 1.807) is 0 Å². The predicted octanol–water partition coefficient (Wildman–Crippen LogP) is 9.31. The summed E-state index contributed by atoms with van der Waals surface area (Å²) in [5, 5.41) is 0.995. The Bertz CT molecular complexity index is 809. The maximum absolute atomic E-state index is 6.37. The molecule has 1 aromatic rings. The van der Waals surface area contributed by atoms with Crippen molar-refractivity contribution in [2.24, 2.45) is 10.8 Å². The van der Waals surface area contributed by atoms with Gasteiger partial charge in [0.15, 0.2) is 0 Å². The van der Waals surface area contributed by atoms with Gasteiger partial charge in [0.25, 0.3) is 0 Å². The van der Waals surface area contributed by atoms with Crippen molar-refractivity contribution in [1.82, 2.24) is 0 Å². The zero-order valence-corrected chi connectivity index (χ0v) is 19.8. The summed E-state index contributed by atoms with van der Waals surface area (Å²) in [4.78, 5) is 0.521. The summed E-state index contributed by atoms with van der Waals surface area (Å²) < 4.78 is 0.728. The minimum absolute atomic E-state index is 0.140. The number of benzene rings is 1. The van der Waals surface area contributed by atoms with Crippen LogP contribution in [0.15, 0.2) is 28.2 Å². The number of halogens is 5. The van der Waals surface area contributed by atoms with Crippen molar-refractivity contribution in [1.29, 1.82) is 0 Å². The van der Waals surface area contributed by atoms with E-state index in [2.05, 4.69) is 41.2 Å². The summed E-state index contributed by atoms with van der Waals surface area (Å²) in [5.74, 6) is 0. The topological polar surface area (TPSA) is 0 Å². The molecule has 2 rings (SSSR count). The third-order valence-corrected chi connectivity index (χ3v) is 9.91. The fraction of sp³-hybridized carbons (Fsp3) is 0.389. The maximum Gasteiger partial charge on any atom is 0.0809 e. The van der Waals surface area contributed by atoms with E-state index in [0.717, 1.165) is 9.77 Å². The summed E-state index contributed by atoms with van der Waals surface area (Å²) in [5.41, 5.74) is 2.84. The fourth-order valence-electron chi connectivity index (χ4n) is 3.12. The molecule has 0 aliphatic heterocycles. The van der Waals surface area contributed by atoms with Gasteiger partial charge in [-0.1, -0.05) is 108 Å². The summed E-state index contributed by atoms with van der Waals surface area (Å²) in [7, 11) is 0. The van der Waals surface area contributed by atoms with Crippen LogP contribution in [0, 0.1) is 10.8 Å². The quantitative estimate of drug-likeness (QED) is 0.181. The first kappa shape index (κ1) is 21.9. The van der Waals surface area contributed by atoms with E-state index in [9.17, 15) is 0 Å². The van der Waals surface area contributed by atoms with Crippen LogP contribution in [0.2, 0.25) is 25.1 Å². The number of allylic oxidation sites excluding steroid dienone is 3. The lowest BCUT2D eigenvalue weighted by Gasteiger charge is -2.41. The van der Waals surface area contributed by atoms with Gasteiger partial charge in [-0.3, -0.25) is 0 Å². The smallest absolute Gasteiger partial charge is 0.0809 e. The molecule has 0 nitrogen and oxygen atoms in total. The molecule has 0 fully saturated rings. The third-order valence-electron chi connectivity index (χ3n) is 5.54. The summed E-state index contributed by atoms with van der Waals surface area (Å²) >= 11 is 38.3. The fourth-order valence-corrected chi connectivity index (χ4v) is 6.44. The molecule has 25 heavy (non-hydrogen) atoms. The highest BCUT2D eigenvalue weighted by Crippen LogP contribution is 2.61. The molecule has 0 amide bonds. The van der Waals surface area contributed by atoms with Crippen LogP contribution < -0.4 is 0 Å². The highest BCUT2D eigenvalue weighted by atomic mass is 35.5. The van der Waals surface area contributed by atoms with Crippen molar-refractivity contribution in [3.8, 4) is 0 Å². The van der Waals surface area contributed by atoms with Gasteiger partial charge in [-0.2, -0.15) is 0 Å². The van der Waals surface area contributed by atoms with Gasteiger partial charge >= 0.3 is 0 Å². The Labute approximate surface area is 183 Å². The molecular formula is C18H17Cl5S2. The molecule has 0 saturated carbocycles. The minimum Gasteiger partial charge on any atom is -0.0950 e.